The monoisotopic (exact) mass is 268 g/mol. The van der Waals surface area contributed by atoms with Gasteiger partial charge in [-0.05, 0) is 31.0 Å². The molecule has 1 aromatic carbocycles. The summed E-state index contributed by atoms with van der Waals surface area (Å²) in [6.07, 6.45) is 1.05. The molecule has 1 heterocycles. The molecule has 4 heteroatoms. The third-order valence-electron chi connectivity index (χ3n) is 3.17. The molecule has 1 saturated heterocycles. The first-order valence-corrected chi connectivity index (χ1v) is 6.95. The van der Waals surface area contributed by atoms with Crippen molar-refractivity contribution in [2.75, 3.05) is 39.3 Å². The lowest BCUT2D eigenvalue weighted by Crippen LogP contribution is -2.43. The van der Waals surface area contributed by atoms with Crippen molar-refractivity contribution in [3.63, 3.8) is 0 Å². The molecule has 1 N–H and O–H groups in total. The molecule has 100 valence electrons. The van der Waals surface area contributed by atoms with Gasteiger partial charge in [0.25, 0.3) is 0 Å². The Labute approximate surface area is 114 Å². The average molecular weight is 269 g/mol. The molecule has 1 aromatic rings. The Balaban J connectivity index is 1.69. The summed E-state index contributed by atoms with van der Waals surface area (Å²) < 4.78 is 5.73. The number of nitrogens with one attached hydrogen (secondary N) is 1. The number of aryl methyl sites for hydroxylation is 1. The van der Waals surface area contributed by atoms with Gasteiger partial charge in [-0.25, -0.2) is 0 Å². The van der Waals surface area contributed by atoms with E-state index >= 15 is 0 Å². The van der Waals surface area contributed by atoms with Crippen molar-refractivity contribution in [2.24, 2.45) is 0 Å². The van der Waals surface area contributed by atoms with E-state index in [-0.39, 0.29) is 0 Å². The maximum Gasteiger partial charge on any atom is 0.138 e. The molecule has 3 nitrogen and oxygen atoms in total. The molecule has 0 bridgehead atoms. The van der Waals surface area contributed by atoms with E-state index in [2.05, 4.69) is 10.2 Å². The van der Waals surface area contributed by atoms with E-state index in [0.29, 0.717) is 5.02 Å². The molecular formula is C14H21ClN2O. The highest BCUT2D eigenvalue weighted by Crippen LogP contribution is 2.25. The largest absolute Gasteiger partial charge is 0.492 e. The number of rotatable bonds is 5. The van der Waals surface area contributed by atoms with Crippen LogP contribution in [0.15, 0.2) is 18.2 Å². The van der Waals surface area contributed by atoms with Crippen LogP contribution in [0, 0.1) is 6.92 Å². The van der Waals surface area contributed by atoms with Gasteiger partial charge in [-0.3, -0.25) is 0 Å². The van der Waals surface area contributed by atoms with Gasteiger partial charge in [-0.2, -0.15) is 0 Å². The van der Waals surface area contributed by atoms with E-state index in [1.54, 1.807) is 0 Å². The van der Waals surface area contributed by atoms with E-state index in [0.717, 1.165) is 51.5 Å². The van der Waals surface area contributed by atoms with Crippen LogP contribution in [0.2, 0.25) is 5.02 Å². The van der Waals surface area contributed by atoms with Crippen LogP contribution >= 0.6 is 11.6 Å². The highest BCUT2D eigenvalue weighted by molar-refractivity contribution is 6.32. The minimum absolute atomic E-state index is 0.697. The van der Waals surface area contributed by atoms with E-state index < -0.39 is 0 Å². The van der Waals surface area contributed by atoms with Gasteiger partial charge >= 0.3 is 0 Å². The van der Waals surface area contributed by atoms with Gasteiger partial charge in [-0.15, -0.1) is 0 Å². The van der Waals surface area contributed by atoms with Crippen molar-refractivity contribution >= 4 is 11.6 Å². The van der Waals surface area contributed by atoms with Crippen molar-refractivity contribution in [3.05, 3.63) is 28.8 Å². The standard InChI is InChI=1S/C14H21ClN2O/c1-12-3-4-13(15)14(11-12)18-10-2-7-17-8-5-16-6-9-17/h3-4,11,16H,2,5-10H2,1H3. The second-order valence-corrected chi connectivity index (χ2v) is 5.13. The van der Waals surface area contributed by atoms with E-state index in [9.17, 15) is 0 Å². The minimum atomic E-state index is 0.697. The molecule has 0 atom stereocenters. The summed E-state index contributed by atoms with van der Waals surface area (Å²) in [7, 11) is 0. The maximum atomic E-state index is 6.08. The van der Waals surface area contributed by atoms with Gasteiger partial charge in [-0.1, -0.05) is 17.7 Å². The lowest BCUT2D eigenvalue weighted by atomic mass is 10.2. The highest BCUT2D eigenvalue weighted by atomic mass is 35.5. The predicted molar refractivity (Wildman–Crippen MR) is 75.6 cm³/mol. The predicted octanol–water partition coefficient (Wildman–Crippen LogP) is 2.32. The Bertz CT molecular complexity index is 378. The first-order valence-electron chi connectivity index (χ1n) is 6.58. The number of piperazine rings is 1. The molecule has 0 radical (unpaired) electrons. The normalized spacial score (nSPS) is 16.8. The van der Waals surface area contributed by atoms with Gasteiger partial charge in [0.05, 0.1) is 11.6 Å². The van der Waals surface area contributed by atoms with Crippen LogP contribution < -0.4 is 10.1 Å². The summed E-state index contributed by atoms with van der Waals surface area (Å²) in [5, 5.41) is 4.05. The topological polar surface area (TPSA) is 24.5 Å². The van der Waals surface area contributed by atoms with Crippen LogP contribution in [-0.4, -0.2) is 44.2 Å². The number of benzene rings is 1. The summed E-state index contributed by atoms with van der Waals surface area (Å²) >= 11 is 6.08. The van der Waals surface area contributed by atoms with Crippen molar-refractivity contribution in [3.8, 4) is 5.75 Å². The van der Waals surface area contributed by atoms with Gasteiger partial charge in [0.15, 0.2) is 0 Å². The SMILES string of the molecule is Cc1ccc(Cl)c(OCCCN2CCNCC2)c1. The van der Waals surface area contributed by atoms with Gasteiger partial charge in [0, 0.05) is 32.7 Å². The summed E-state index contributed by atoms with van der Waals surface area (Å²) in [6.45, 7) is 8.37. The summed E-state index contributed by atoms with van der Waals surface area (Å²) in [5.74, 6) is 0.803. The number of hydrogen-bond acceptors (Lipinski definition) is 3. The Morgan fingerprint density at radius 1 is 1.33 bits per heavy atom. The van der Waals surface area contributed by atoms with Crippen molar-refractivity contribution in [2.45, 2.75) is 13.3 Å². The van der Waals surface area contributed by atoms with Gasteiger partial charge < -0.3 is 15.0 Å². The summed E-state index contributed by atoms with van der Waals surface area (Å²) in [4.78, 5) is 2.47. The fourth-order valence-corrected chi connectivity index (χ4v) is 2.30. The zero-order valence-corrected chi connectivity index (χ0v) is 11.7. The number of halogens is 1. The molecule has 18 heavy (non-hydrogen) atoms. The molecule has 1 aliphatic heterocycles. The van der Waals surface area contributed by atoms with Crippen LogP contribution in [0.4, 0.5) is 0 Å². The second kappa shape index (κ2) is 6.98. The molecule has 1 fully saturated rings. The molecule has 2 rings (SSSR count). The Hall–Kier alpha value is -0.770. The molecular weight excluding hydrogens is 248 g/mol. The molecule has 0 spiro atoms. The van der Waals surface area contributed by atoms with Crippen LogP contribution in [0.25, 0.3) is 0 Å². The van der Waals surface area contributed by atoms with Crippen molar-refractivity contribution in [1.82, 2.24) is 10.2 Å². The minimum Gasteiger partial charge on any atom is -0.492 e. The van der Waals surface area contributed by atoms with E-state index in [4.69, 9.17) is 16.3 Å². The van der Waals surface area contributed by atoms with E-state index in [1.807, 2.05) is 25.1 Å². The van der Waals surface area contributed by atoms with Crippen molar-refractivity contribution < 1.29 is 4.74 Å². The zero-order valence-electron chi connectivity index (χ0n) is 10.9. The molecule has 1 aliphatic rings. The Kier molecular flexibility index (Phi) is 5.29. The zero-order chi connectivity index (χ0) is 12.8. The average Bonchev–Trinajstić information content (AvgIpc) is 2.40. The van der Waals surface area contributed by atoms with E-state index in [1.165, 1.54) is 5.56 Å². The fourth-order valence-electron chi connectivity index (χ4n) is 2.13. The second-order valence-electron chi connectivity index (χ2n) is 4.73. The third kappa shape index (κ3) is 4.16. The number of hydrogen-bond donors (Lipinski definition) is 1. The maximum absolute atomic E-state index is 6.08. The smallest absolute Gasteiger partial charge is 0.138 e. The first kappa shape index (κ1) is 13.7. The fraction of sp³-hybridized carbons (Fsp3) is 0.571. The summed E-state index contributed by atoms with van der Waals surface area (Å²) in [6, 6.07) is 5.88. The molecule has 0 unspecified atom stereocenters. The lowest BCUT2D eigenvalue weighted by molar-refractivity contribution is 0.214. The number of nitrogens with zero attached hydrogens (tertiary/aromatic N) is 1. The number of ether oxygens (including phenoxy) is 1. The summed E-state index contributed by atoms with van der Waals surface area (Å²) in [5.41, 5.74) is 1.18. The van der Waals surface area contributed by atoms with Crippen molar-refractivity contribution in [1.29, 1.82) is 0 Å². The first-order chi connectivity index (χ1) is 8.75. The van der Waals surface area contributed by atoms with Crippen LogP contribution in [0.3, 0.4) is 0 Å². The quantitative estimate of drug-likeness (QED) is 0.830. The molecule has 0 amide bonds. The molecule has 0 aromatic heterocycles. The molecule has 0 saturated carbocycles. The third-order valence-corrected chi connectivity index (χ3v) is 3.48. The highest BCUT2D eigenvalue weighted by Gasteiger charge is 2.08. The Morgan fingerprint density at radius 2 is 2.11 bits per heavy atom. The Morgan fingerprint density at radius 3 is 2.89 bits per heavy atom. The van der Waals surface area contributed by atoms with Crippen LogP contribution in [0.1, 0.15) is 12.0 Å². The molecule has 0 aliphatic carbocycles. The van der Waals surface area contributed by atoms with Crippen LogP contribution in [-0.2, 0) is 0 Å². The van der Waals surface area contributed by atoms with Gasteiger partial charge in [0.2, 0.25) is 0 Å². The van der Waals surface area contributed by atoms with Gasteiger partial charge in [0.1, 0.15) is 5.75 Å². The lowest BCUT2D eigenvalue weighted by Gasteiger charge is -2.27. The van der Waals surface area contributed by atoms with Crippen LogP contribution in [0.5, 0.6) is 5.75 Å².